The van der Waals surface area contributed by atoms with Crippen molar-refractivity contribution >= 4 is 22.4 Å². The van der Waals surface area contributed by atoms with Gasteiger partial charge in [-0.05, 0) is 23.6 Å². The zero-order chi connectivity index (χ0) is 13.8. The zero-order valence-electron chi connectivity index (χ0n) is 10.8. The molecule has 100 valence electrons. The van der Waals surface area contributed by atoms with E-state index < -0.39 is 0 Å². The third-order valence-electron chi connectivity index (χ3n) is 2.62. The highest BCUT2D eigenvalue weighted by Crippen LogP contribution is 2.25. The largest absolute Gasteiger partial charge is 0.302 e. The monoisotopic (exact) mass is 278 g/mol. The molecule has 0 unspecified atom stereocenters. The fraction of sp³-hybridized carbons (Fsp3) is 0.286. The molecular weight excluding hydrogens is 263 g/mol. The summed E-state index contributed by atoms with van der Waals surface area (Å²) in [4.78, 5) is 17.1. The van der Waals surface area contributed by atoms with E-state index in [1.165, 1.54) is 23.5 Å². The lowest BCUT2D eigenvalue weighted by molar-refractivity contribution is -0.115. The number of hydrogen-bond donors (Lipinski definition) is 1. The summed E-state index contributed by atoms with van der Waals surface area (Å²) >= 11 is 1.48. The van der Waals surface area contributed by atoms with Crippen LogP contribution < -0.4 is 5.32 Å². The van der Waals surface area contributed by atoms with Crippen LogP contribution in [0.25, 0.3) is 0 Å². The first-order valence-corrected chi connectivity index (χ1v) is 6.86. The van der Waals surface area contributed by atoms with E-state index in [4.69, 9.17) is 0 Å². The Kier molecular flexibility index (Phi) is 4.27. The van der Waals surface area contributed by atoms with Gasteiger partial charge in [0.2, 0.25) is 5.91 Å². The molecule has 2 aromatic rings. The molecule has 5 heteroatoms. The Hall–Kier alpha value is -1.75. The van der Waals surface area contributed by atoms with Crippen LogP contribution in [0.4, 0.5) is 9.52 Å². The minimum Gasteiger partial charge on any atom is -0.302 e. The molecule has 1 N–H and O–H groups in total. The smallest absolute Gasteiger partial charge is 0.230 e. The van der Waals surface area contributed by atoms with Gasteiger partial charge in [-0.1, -0.05) is 26.0 Å². The highest BCUT2D eigenvalue weighted by atomic mass is 32.1. The summed E-state index contributed by atoms with van der Waals surface area (Å²) in [6.45, 7) is 4.16. The van der Waals surface area contributed by atoms with E-state index in [2.05, 4.69) is 24.1 Å². The predicted molar refractivity (Wildman–Crippen MR) is 74.9 cm³/mol. The van der Waals surface area contributed by atoms with E-state index >= 15 is 0 Å². The van der Waals surface area contributed by atoms with Gasteiger partial charge < -0.3 is 5.32 Å². The molecule has 3 nitrogen and oxygen atoms in total. The van der Waals surface area contributed by atoms with Crippen LogP contribution in [0.2, 0.25) is 0 Å². The molecule has 1 aromatic carbocycles. The fourth-order valence-corrected chi connectivity index (χ4v) is 2.40. The fourth-order valence-electron chi connectivity index (χ4n) is 1.56. The van der Waals surface area contributed by atoms with E-state index in [9.17, 15) is 9.18 Å². The quantitative estimate of drug-likeness (QED) is 0.928. The summed E-state index contributed by atoms with van der Waals surface area (Å²) in [7, 11) is 0. The highest BCUT2D eigenvalue weighted by Gasteiger charge is 2.09. The van der Waals surface area contributed by atoms with E-state index in [1.54, 1.807) is 18.3 Å². The molecule has 0 bridgehead atoms. The van der Waals surface area contributed by atoms with Gasteiger partial charge in [-0.15, -0.1) is 11.3 Å². The van der Waals surface area contributed by atoms with Crippen molar-refractivity contribution in [2.24, 2.45) is 0 Å². The lowest BCUT2D eigenvalue weighted by Gasteiger charge is -2.02. The van der Waals surface area contributed by atoms with Gasteiger partial charge in [0.05, 0.1) is 6.42 Å². The molecule has 0 saturated heterocycles. The van der Waals surface area contributed by atoms with E-state index in [1.807, 2.05) is 0 Å². The SMILES string of the molecule is CC(C)c1cnc(NC(=O)Cc2ccc(F)cc2)s1. The zero-order valence-corrected chi connectivity index (χ0v) is 11.6. The summed E-state index contributed by atoms with van der Waals surface area (Å²) in [5.74, 6) is -0.0397. The molecule has 0 atom stereocenters. The van der Waals surface area contributed by atoms with Crippen molar-refractivity contribution in [2.45, 2.75) is 26.2 Å². The Morgan fingerprint density at radius 3 is 2.63 bits per heavy atom. The maximum absolute atomic E-state index is 12.7. The van der Waals surface area contributed by atoms with Crippen LogP contribution in [0.1, 0.15) is 30.2 Å². The number of hydrogen-bond acceptors (Lipinski definition) is 3. The van der Waals surface area contributed by atoms with E-state index in [0.717, 1.165) is 10.4 Å². The standard InChI is InChI=1S/C14H15FN2OS/c1-9(2)12-8-16-14(19-12)17-13(18)7-10-3-5-11(15)6-4-10/h3-6,8-9H,7H2,1-2H3,(H,16,17,18). The van der Waals surface area contributed by atoms with Crippen molar-refractivity contribution in [3.05, 3.63) is 46.7 Å². The number of thiazole rings is 1. The van der Waals surface area contributed by atoms with Gasteiger partial charge in [-0.2, -0.15) is 0 Å². The molecule has 0 fully saturated rings. The van der Waals surface area contributed by atoms with Gasteiger partial charge in [0, 0.05) is 11.1 Å². The van der Waals surface area contributed by atoms with E-state index in [-0.39, 0.29) is 18.1 Å². The number of nitrogens with one attached hydrogen (secondary N) is 1. The molecule has 0 aliphatic carbocycles. The Balaban J connectivity index is 1.95. The van der Waals surface area contributed by atoms with Crippen LogP contribution in [0.15, 0.2) is 30.5 Å². The van der Waals surface area contributed by atoms with Gasteiger partial charge in [0.1, 0.15) is 5.82 Å². The molecule has 0 radical (unpaired) electrons. The summed E-state index contributed by atoms with van der Waals surface area (Å²) < 4.78 is 12.7. The van der Waals surface area contributed by atoms with Crippen molar-refractivity contribution in [1.29, 1.82) is 0 Å². The number of carbonyl (C=O) groups excluding carboxylic acids is 1. The minimum absolute atomic E-state index is 0.142. The molecular formula is C14H15FN2OS. The van der Waals surface area contributed by atoms with E-state index in [0.29, 0.717) is 11.0 Å². The summed E-state index contributed by atoms with van der Waals surface area (Å²) in [5, 5.41) is 3.36. The van der Waals surface area contributed by atoms with Crippen LogP contribution in [0, 0.1) is 5.82 Å². The van der Waals surface area contributed by atoms with Crippen LogP contribution in [-0.4, -0.2) is 10.9 Å². The third-order valence-corrected chi connectivity index (χ3v) is 3.83. The normalized spacial score (nSPS) is 10.7. The minimum atomic E-state index is -0.300. The maximum Gasteiger partial charge on any atom is 0.230 e. The number of amides is 1. The lowest BCUT2D eigenvalue weighted by Crippen LogP contribution is -2.14. The van der Waals surface area contributed by atoms with Crippen molar-refractivity contribution in [3.8, 4) is 0 Å². The van der Waals surface area contributed by atoms with Crippen LogP contribution in [0.5, 0.6) is 0 Å². The average Bonchev–Trinajstić information content (AvgIpc) is 2.80. The number of benzene rings is 1. The second-order valence-corrected chi connectivity index (χ2v) is 5.64. The number of halogens is 1. The van der Waals surface area contributed by atoms with Gasteiger partial charge in [-0.3, -0.25) is 4.79 Å². The molecule has 1 aromatic heterocycles. The molecule has 0 aliphatic heterocycles. The summed E-state index contributed by atoms with van der Waals surface area (Å²) in [6, 6.07) is 5.92. The lowest BCUT2D eigenvalue weighted by atomic mass is 10.1. The Bertz CT molecular complexity index is 563. The molecule has 19 heavy (non-hydrogen) atoms. The number of nitrogens with zero attached hydrogens (tertiary/aromatic N) is 1. The first kappa shape index (κ1) is 13.7. The Morgan fingerprint density at radius 2 is 2.05 bits per heavy atom. The number of rotatable bonds is 4. The second kappa shape index (κ2) is 5.93. The molecule has 0 spiro atoms. The van der Waals surface area contributed by atoms with Gasteiger partial charge in [0.15, 0.2) is 5.13 Å². The second-order valence-electron chi connectivity index (χ2n) is 4.57. The average molecular weight is 278 g/mol. The van der Waals surface area contributed by atoms with Gasteiger partial charge in [-0.25, -0.2) is 9.37 Å². The maximum atomic E-state index is 12.7. The Morgan fingerprint density at radius 1 is 1.37 bits per heavy atom. The summed E-state index contributed by atoms with van der Waals surface area (Å²) in [6.07, 6.45) is 2.00. The number of anilines is 1. The molecule has 0 aliphatic rings. The molecule has 1 amide bonds. The topological polar surface area (TPSA) is 42.0 Å². The van der Waals surface area contributed by atoms with Crippen molar-refractivity contribution < 1.29 is 9.18 Å². The highest BCUT2D eigenvalue weighted by molar-refractivity contribution is 7.15. The first-order valence-electron chi connectivity index (χ1n) is 6.04. The Labute approximate surface area is 115 Å². The number of carbonyl (C=O) groups is 1. The third kappa shape index (κ3) is 3.86. The molecule has 0 saturated carbocycles. The molecule has 1 heterocycles. The molecule has 2 rings (SSSR count). The van der Waals surface area contributed by atoms with Crippen LogP contribution in [-0.2, 0) is 11.2 Å². The van der Waals surface area contributed by atoms with Gasteiger partial charge >= 0.3 is 0 Å². The van der Waals surface area contributed by atoms with Gasteiger partial charge in [0.25, 0.3) is 0 Å². The van der Waals surface area contributed by atoms with Crippen molar-refractivity contribution in [1.82, 2.24) is 4.98 Å². The predicted octanol–water partition coefficient (Wildman–Crippen LogP) is 3.59. The summed E-state index contributed by atoms with van der Waals surface area (Å²) in [5.41, 5.74) is 0.777. The van der Waals surface area contributed by atoms with Crippen molar-refractivity contribution in [2.75, 3.05) is 5.32 Å². The first-order chi connectivity index (χ1) is 9.04. The van der Waals surface area contributed by atoms with Crippen molar-refractivity contribution in [3.63, 3.8) is 0 Å². The number of aromatic nitrogens is 1. The van der Waals surface area contributed by atoms with Crippen LogP contribution in [0.3, 0.4) is 0 Å². The van der Waals surface area contributed by atoms with Crippen LogP contribution >= 0.6 is 11.3 Å².